The Morgan fingerprint density at radius 3 is 2.18 bits per heavy atom. The number of hydrogen-bond acceptors (Lipinski definition) is 7. The lowest BCUT2D eigenvalue weighted by Crippen LogP contribution is -2.54. The van der Waals surface area contributed by atoms with Gasteiger partial charge in [-0.05, 0) is 48.5 Å². The molecule has 3 aromatic carbocycles. The Kier molecular flexibility index (Phi) is 5.67. The predicted molar refractivity (Wildman–Crippen MR) is 118 cm³/mol. The standard InChI is InChI=1S/C23H16N2O7S/c26-17-12-10-16(11-13-17)25-22(28)19(21(27)24-23(25)29)14-15-6-4-5-9-20(15)32-33(30,31)18-7-2-1-3-8-18/h1-14,26H,(H,24,27,29)/b19-14+. The third-order valence-electron chi connectivity index (χ3n) is 4.66. The monoisotopic (exact) mass is 464 g/mol. The summed E-state index contributed by atoms with van der Waals surface area (Å²) in [7, 11) is -4.17. The van der Waals surface area contributed by atoms with E-state index in [0.717, 1.165) is 11.0 Å². The molecule has 1 saturated heterocycles. The molecule has 1 aliphatic heterocycles. The number of urea groups is 1. The average Bonchev–Trinajstić information content (AvgIpc) is 2.79. The van der Waals surface area contributed by atoms with Crippen molar-refractivity contribution in [2.45, 2.75) is 4.90 Å². The van der Waals surface area contributed by atoms with E-state index < -0.39 is 33.5 Å². The first-order chi connectivity index (χ1) is 15.8. The van der Waals surface area contributed by atoms with Crippen molar-refractivity contribution in [1.29, 1.82) is 0 Å². The number of phenolic OH excluding ortho intramolecular Hbond substituents is 1. The first kappa shape index (κ1) is 21.8. The van der Waals surface area contributed by atoms with Crippen LogP contribution in [-0.4, -0.2) is 31.4 Å². The topological polar surface area (TPSA) is 130 Å². The van der Waals surface area contributed by atoms with Crippen LogP contribution in [-0.2, 0) is 19.7 Å². The number of carbonyl (C=O) groups excluding carboxylic acids is 3. The summed E-state index contributed by atoms with van der Waals surface area (Å²) in [5, 5.41) is 11.5. The highest BCUT2D eigenvalue weighted by molar-refractivity contribution is 7.87. The van der Waals surface area contributed by atoms with Gasteiger partial charge in [0.15, 0.2) is 0 Å². The molecular weight excluding hydrogens is 448 g/mol. The van der Waals surface area contributed by atoms with Crippen LogP contribution in [0.5, 0.6) is 11.5 Å². The summed E-state index contributed by atoms with van der Waals surface area (Å²) in [5.74, 6) is -2.04. The number of nitrogens with one attached hydrogen (secondary N) is 1. The number of hydrogen-bond donors (Lipinski definition) is 2. The molecule has 3 aromatic rings. The minimum Gasteiger partial charge on any atom is -0.508 e. The van der Waals surface area contributed by atoms with E-state index in [9.17, 15) is 27.9 Å². The summed E-state index contributed by atoms with van der Waals surface area (Å²) >= 11 is 0. The van der Waals surface area contributed by atoms with E-state index in [1.807, 2.05) is 0 Å². The lowest BCUT2D eigenvalue weighted by molar-refractivity contribution is -0.122. The molecule has 1 aliphatic rings. The van der Waals surface area contributed by atoms with E-state index in [-0.39, 0.29) is 27.6 Å². The molecule has 0 atom stereocenters. The van der Waals surface area contributed by atoms with Gasteiger partial charge >= 0.3 is 16.1 Å². The van der Waals surface area contributed by atoms with Gasteiger partial charge in [0.1, 0.15) is 22.0 Å². The van der Waals surface area contributed by atoms with Crippen LogP contribution in [0.3, 0.4) is 0 Å². The van der Waals surface area contributed by atoms with Gasteiger partial charge in [-0.1, -0.05) is 36.4 Å². The number of aromatic hydroxyl groups is 1. The zero-order valence-electron chi connectivity index (χ0n) is 16.8. The number of amides is 4. The first-order valence-electron chi connectivity index (χ1n) is 9.55. The molecule has 0 aromatic heterocycles. The normalized spacial score (nSPS) is 15.5. The van der Waals surface area contributed by atoms with Crippen LogP contribution < -0.4 is 14.4 Å². The fourth-order valence-corrected chi connectivity index (χ4v) is 4.05. The van der Waals surface area contributed by atoms with Crippen LogP contribution in [0.15, 0.2) is 89.3 Å². The summed E-state index contributed by atoms with van der Waals surface area (Å²) in [4.78, 5) is 38.4. The maximum Gasteiger partial charge on any atom is 0.339 e. The van der Waals surface area contributed by atoms with E-state index in [1.165, 1.54) is 54.6 Å². The summed E-state index contributed by atoms with van der Waals surface area (Å²) in [6.45, 7) is 0. The minimum atomic E-state index is -4.17. The molecular formula is C23H16N2O7S. The Morgan fingerprint density at radius 1 is 0.848 bits per heavy atom. The zero-order valence-corrected chi connectivity index (χ0v) is 17.7. The van der Waals surface area contributed by atoms with Crippen molar-refractivity contribution in [3.8, 4) is 11.5 Å². The van der Waals surface area contributed by atoms with Crippen molar-refractivity contribution < 1.29 is 32.1 Å². The van der Waals surface area contributed by atoms with Crippen LogP contribution in [0.1, 0.15) is 5.56 Å². The summed E-state index contributed by atoms with van der Waals surface area (Å²) in [6.07, 6.45) is 1.15. The molecule has 9 nitrogen and oxygen atoms in total. The second-order valence-electron chi connectivity index (χ2n) is 6.86. The first-order valence-corrected chi connectivity index (χ1v) is 11.0. The summed E-state index contributed by atoms with van der Waals surface area (Å²) in [5.41, 5.74) is -0.142. The Hall–Kier alpha value is -4.44. The van der Waals surface area contributed by atoms with E-state index in [0.29, 0.717) is 0 Å². The molecule has 0 saturated carbocycles. The molecule has 0 unspecified atom stereocenters. The zero-order chi connectivity index (χ0) is 23.6. The smallest absolute Gasteiger partial charge is 0.339 e. The third-order valence-corrected chi connectivity index (χ3v) is 5.91. The largest absolute Gasteiger partial charge is 0.508 e. The SMILES string of the molecule is O=C1NC(=O)N(c2ccc(O)cc2)C(=O)/C1=C/c1ccccc1OS(=O)(=O)c1ccccc1. The molecule has 10 heteroatoms. The number of phenols is 1. The number of imide groups is 2. The number of barbiturate groups is 1. The van der Waals surface area contributed by atoms with Crippen LogP contribution in [0.2, 0.25) is 0 Å². The number of nitrogens with zero attached hydrogens (tertiary/aromatic N) is 1. The molecule has 0 bridgehead atoms. The number of anilines is 1. The molecule has 33 heavy (non-hydrogen) atoms. The predicted octanol–water partition coefficient (Wildman–Crippen LogP) is 2.83. The Morgan fingerprint density at radius 2 is 1.48 bits per heavy atom. The Balaban J connectivity index is 1.71. The maximum atomic E-state index is 13.0. The molecule has 0 radical (unpaired) electrons. The number of benzene rings is 3. The minimum absolute atomic E-state index is 0.0666. The van der Waals surface area contributed by atoms with Gasteiger partial charge in [0, 0.05) is 5.56 Å². The van der Waals surface area contributed by atoms with Gasteiger partial charge in [-0.25, -0.2) is 9.69 Å². The van der Waals surface area contributed by atoms with Crippen molar-refractivity contribution in [3.63, 3.8) is 0 Å². The quantitative estimate of drug-likeness (QED) is 0.337. The van der Waals surface area contributed by atoms with Crippen molar-refractivity contribution in [2.24, 2.45) is 0 Å². The molecule has 4 amide bonds. The highest BCUT2D eigenvalue weighted by Gasteiger charge is 2.37. The highest BCUT2D eigenvalue weighted by atomic mass is 32.2. The van der Waals surface area contributed by atoms with Crippen LogP contribution in [0.25, 0.3) is 6.08 Å². The molecule has 0 spiro atoms. The van der Waals surface area contributed by atoms with E-state index >= 15 is 0 Å². The average molecular weight is 464 g/mol. The number of carbonyl (C=O) groups is 3. The Labute approximate surface area is 188 Å². The van der Waals surface area contributed by atoms with Gasteiger partial charge < -0.3 is 9.29 Å². The van der Waals surface area contributed by atoms with Crippen molar-refractivity contribution in [3.05, 3.63) is 90.0 Å². The molecule has 2 N–H and O–H groups in total. The van der Waals surface area contributed by atoms with Gasteiger partial charge in [-0.15, -0.1) is 0 Å². The fourth-order valence-electron chi connectivity index (χ4n) is 3.08. The second kappa shape index (κ2) is 8.60. The van der Waals surface area contributed by atoms with E-state index in [2.05, 4.69) is 5.32 Å². The molecule has 1 fully saturated rings. The van der Waals surface area contributed by atoms with Gasteiger partial charge in [-0.2, -0.15) is 8.42 Å². The summed E-state index contributed by atoms with van der Waals surface area (Å²) < 4.78 is 30.5. The van der Waals surface area contributed by atoms with Crippen molar-refractivity contribution >= 4 is 39.7 Å². The fraction of sp³-hybridized carbons (Fsp3) is 0. The Bertz CT molecular complexity index is 1380. The molecule has 166 valence electrons. The molecule has 0 aliphatic carbocycles. The van der Waals surface area contributed by atoms with Gasteiger partial charge in [0.25, 0.3) is 11.8 Å². The van der Waals surface area contributed by atoms with Crippen molar-refractivity contribution in [1.82, 2.24) is 5.32 Å². The maximum absolute atomic E-state index is 13.0. The highest BCUT2D eigenvalue weighted by Crippen LogP contribution is 2.28. The van der Waals surface area contributed by atoms with Crippen molar-refractivity contribution in [2.75, 3.05) is 4.90 Å². The van der Waals surface area contributed by atoms with Crippen LogP contribution >= 0.6 is 0 Å². The second-order valence-corrected chi connectivity index (χ2v) is 8.41. The molecule has 1 heterocycles. The van der Waals surface area contributed by atoms with E-state index in [4.69, 9.17) is 4.18 Å². The number of rotatable bonds is 5. The van der Waals surface area contributed by atoms with Gasteiger partial charge in [0.05, 0.1) is 5.69 Å². The van der Waals surface area contributed by atoms with Gasteiger partial charge in [0.2, 0.25) is 0 Å². The summed E-state index contributed by atoms with van der Waals surface area (Å²) in [6, 6.07) is 17.7. The lowest BCUT2D eigenvalue weighted by Gasteiger charge is -2.26. The lowest BCUT2D eigenvalue weighted by atomic mass is 10.1. The van der Waals surface area contributed by atoms with Crippen LogP contribution in [0, 0.1) is 0 Å². The van der Waals surface area contributed by atoms with E-state index in [1.54, 1.807) is 24.3 Å². The van der Waals surface area contributed by atoms with Gasteiger partial charge in [-0.3, -0.25) is 14.9 Å². The third kappa shape index (κ3) is 4.46. The number of para-hydroxylation sites is 1. The molecule has 4 rings (SSSR count). The van der Waals surface area contributed by atoms with Crippen LogP contribution in [0.4, 0.5) is 10.5 Å².